The zero-order valence-corrected chi connectivity index (χ0v) is 14.9. The molecule has 0 unspecified atom stereocenters. The van der Waals surface area contributed by atoms with Crippen LogP contribution < -0.4 is 10.6 Å². The number of amides is 1. The van der Waals surface area contributed by atoms with Crippen LogP contribution >= 0.6 is 23.1 Å². The number of anilines is 1. The van der Waals surface area contributed by atoms with Crippen molar-refractivity contribution in [3.05, 3.63) is 35.9 Å². The van der Waals surface area contributed by atoms with Gasteiger partial charge in [0.1, 0.15) is 0 Å². The van der Waals surface area contributed by atoms with Crippen molar-refractivity contribution in [1.29, 1.82) is 0 Å². The zero-order valence-electron chi connectivity index (χ0n) is 13.2. The van der Waals surface area contributed by atoms with Crippen LogP contribution in [0.5, 0.6) is 0 Å². The second kappa shape index (κ2) is 9.00. The summed E-state index contributed by atoms with van der Waals surface area (Å²) >= 11 is 2.87. The van der Waals surface area contributed by atoms with Crippen LogP contribution in [0.2, 0.25) is 0 Å². The Kier molecular flexibility index (Phi) is 6.45. The Morgan fingerprint density at radius 1 is 1.33 bits per heavy atom. The molecule has 1 saturated heterocycles. The molecule has 0 radical (unpaired) electrons. The van der Waals surface area contributed by atoms with E-state index in [0.717, 1.165) is 41.0 Å². The predicted molar refractivity (Wildman–Crippen MR) is 96.4 cm³/mol. The van der Waals surface area contributed by atoms with E-state index in [4.69, 9.17) is 4.74 Å². The molecule has 6 nitrogen and oxygen atoms in total. The second-order valence-electron chi connectivity index (χ2n) is 5.44. The van der Waals surface area contributed by atoms with Gasteiger partial charge in [-0.05, 0) is 18.4 Å². The van der Waals surface area contributed by atoms with Crippen molar-refractivity contribution in [1.82, 2.24) is 15.5 Å². The summed E-state index contributed by atoms with van der Waals surface area (Å²) < 4.78 is 6.35. The SMILES string of the molecule is O=C(CSc1nnc(NC[C@@H]2CCCO2)s1)NCc1ccccc1. The molecule has 0 spiro atoms. The third kappa shape index (κ3) is 5.47. The van der Waals surface area contributed by atoms with Gasteiger partial charge in [-0.3, -0.25) is 4.79 Å². The minimum atomic E-state index is -0.00656. The molecule has 2 N–H and O–H groups in total. The number of hydrogen-bond acceptors (Lipinski definition) is 7. The molecule has 2 aromatic rings. The molecule has 1 fully saturated rings. The van der Waals surface area contributed by atoms with Crippen LogP contribution in [0.3, 0.4) is 0 Å². The Morgan fingerprint density at radius 2 is 2.21 bits per heavy atom. The molecule has 8 heteroatoms. The Labute approximate surface area is 149 Å². The van der Waals surface area contributed by atoms with E-state index in [0.29, 0.717) is 12.3 Å². The molecular weight excluding hydrogens is 344 g/mol. The average Bonchev–Trinajstić information content (AvgIpc) is 3.29. The Bertz CT molecular complexity index is 645. The van der Waals surface area contributed by atoms with Gasteiger partial charge in [0.2, 0.25) is 11.0 Å². The van der Waals surface area contributed by atoms with Gasteiger partial charge in [-0.15, -0.1) is 10.2 Å². The van der Waals surface area contributed by atoms with Crippen LogP contribution in [0.25, 0.3) is 0 Å². The van der Waals surface area contributed by atoms with E-state index in [1.807, 2.05) is 30.3 Å². The molecule has 1 amide bonds. The fourth-order valence-electron chi connectivity index (χ4n) is 2.32. The Hall–Kier alpha value is -1.64. The van der Waals surface area contributed by atoms with Crippen LogP contribution in [-0.4, -0.2) is 41.1 Å². The monoisotopic (exact) mass is 364 g/mol. The third-order valence-corrected chi connectivity index (χ3v) is 5.58. The Balaban J connectivity index is 1.36. The molecule has 2 heterocycles. The highest BCUT2D eigenvalue weighted by Crippen LogP contribution is 2.25. The van der Waals surface area contributed by atoms with Gasteiger partial charge < -0.3 is 15.4 Å². The highest BCUT2D eigenvalue weighted by Gasteiger charge is 2.16. The van der Waals surface area contributed by atoms with Crippen molar-refractivity contribution in [2.45, 2.75) is 29.8 Å². The maximum absolute atomic E-state index is 11.9. The summed E-state index contributed by atoms with van der Waals surface area (Å²) in [5, 5.41) is 15.1. The number of thioether (sulfide) groups is 1. The molecule has 0 bridgehead atoms. The van der Waals surface area contributed by atoms with Gasteiger partial charge in [-0.25, -0.2) is 0 Å². The molecule has 1 aliphatic rings. The van der Waals surface area contributed by atoms with E-state index in [9.17, 15) is 4.79 Å². The van der Waals surface area contributed by atoms with Crippen LogP contribution in [0.4, 0.5) is 5.13 Å². The number of aromatic nitrogens is 2. The van der Waals surface area contributed by atoms with E-state index < -0.39 is 0 Å². The fraction of sp³-hybridized carbons (Fsp3) is 0.438. The number of nitrogens with zero attached hydrogens (tertiary/aromatic N) is 2. The molecule has 0 saturated carbocycles. The van der Waals surface area contributed by atoms with Gasteiger partial charge in [0.05, 0.1) is 11.9 Å². The van der Waals surface area contributed by atoms with Crippen molar-refractivity contribution in [2.24, 2.45) is 0 Å². The molecule has 128 valence electrons. The van der Waals surface area contributed by atoms with E-state index in [1.54, 1.807) is 0 Å². The normalized spacial score (nSPS) is 16.9. The number of benzene rings is 1. The lowest BCUT2D eigenvalue weighted by Gasteiger charge is -2.08. The van der Waals surface area contributed by atoms with Crippen LogP contribution in [0.1, 0.15) is 18.4 Å². The third-order valence-electron chi connectivity index (χ3n) is 3.57. The van der Waals surface area contributed by atoms with Crippen molar-refractivity contribution >= 4 is 34.1 Å². The molecule has 3 rings (SSSR count). The summed E-state index contributed by atoms with van der Waals surface area (Å²) in [6.07, 6.45) is 2.49. The Morgan fingerprint density at radius 3 is 3.00 bits per heavy atom. The summed E-state index contributed by atoms with van der Waals surface area (Å²) in [7, 11) is 0. The first-order valence-corrected chi connectivity index (χ1v) is 9.72. The van der Waals surface area contributed by atoms with Crippen molar-refractivity contribution < 1.29 is 9.53 Å². The number of nitrogens with one attached hydrogen (secondary N) is 2. The zero-order chi connectivity index (χ0) is 16.6. The number of ether oxygens (including phenoxy) is 1. The maximum atomic E-state index is 11.9. The van der Waals surface area contributed by atoms with Gasteiger partial charge in [0.25, 0.3) is 0 Å². The van der Waals surface area contributed by atoms with E-state index in [-0.39, 0.29) is 12.0 Å². The predicted octanol–water partition coefficient (Wildman–Crippen LogP) is 2.54. The van der Waals surface area contributed by atoms with Gasteiger partial charge in [0, 0.05) is 19.7 Å². The largest absolute Gasteiger partial charge is 0.376 e. The van der Waals surface area contributed by atoms with Crippen molar-refractivity contribution in [2.75, 3.05) is 24.2 Å². The first kappa shape index (κ1) is 17.2. The van der Waals surface area contributed by atoms with E-state index >= 15 is 0 Å². The van der Waals surface area contributed by atoms with Gasteiger partial charge in [-0.2, -0.15) is 0 Å². The summed E-state index contributed by atoms with van der Waals surface area (Å²) in [5.74, 6) is 0.334. The number of rotatable bonds is 8. The molecule has 1 aromatic carbocycles. The highest BCUT2D eigenvalue weighted by molar-refractivity contribution is 8.01. The highest BCUT2D eigenvalue weighted by atomic mass is 32.2. The molecule has 1 aromatic heterocycles. The topological polar surface area (TPSA) is 76.1 Å². The number of carbonyl (C=O) groups is 1. The smallest absolute Gasteiger partial charge is 0.230 e. The van der Waals surface area contributed by atoms with Gasteiger partial charge >= 0.3 is 0 Å². The number of hydrogen-bond donors (Lipinski definition) is 2. The first-order valence-electron chi connectivity index (χ1n) is 7.92. The summed E-state index contributed by atoms with van der Waals surface area (Å²) in [4.78, 5) is 11.9. The minimum absolute atomic E-state index is 0.00656. The van der Waals surface area contributed by atoms with Crippen molar-refractivity contribution in [3.8, 4) is 0 Å². The maximum Gasteiger partial charge on any atom is 0.230 e. The van der Waals surface area contributed by atoms with Gasteiger partial charge in [0.15, 0.2) is 4.34 Å². The molecule has 1 aliphatic heterocycles. The molecule has 24 heavy (non-hydrogen) atoms. The van der Waals surface area contributed by atoms with E-state index in [2.05, 4.69) is 20.8 Å². The van der Waals surface area contributed by atoms with Crippen LogP contribution in [-0.2, 0) is 16.1 Å². The van der Waals surface area contributed by atoms with Gasteiger partial charge in [-0.1, -0.05) is 53.4 Å². The summed E-state index contributed by atoms with van der Waals surface area (Å²) in [6.45, 7) is 2.16. The van der Waals surface area contributed by atoms with Crippen LogP contribution in [0.15, 0.2) is 34.7 Å². The lowest BCUT2D eigenvalue weighted by atomic mass is 10.2. The van der Waals surface area contributed by atoms with Crippen molar-refractivity contribution in [3.63, 3.8) is 0 Å². The summed E-state index contributed by atoms with van der Waals surface area (Å²) in [5.41, 5.74) is 1.09. The molecule has 1 atom stereocenters. The molecular formula is C16H20N4O2S2. The fourth-order valence-corrected chi connectivity index (χ4v) is 3.91. The lowest BCUT2D eigenvalue weighted by Crippen LogP contribution is -2.24. The quantitative estimate of drug-likeness (QED) is 0.701. The second-order valence-corrected chi connectivity index (χ2v) is 7.64. The average molecular weight is 364 g/mol. The molecule has 0 aliphatic carbocycles. The van der Waals surface area contributed by atoms with E-state index in [1.165, 1.54) is 23.1 Å². The minimum Gasteiger partial charge on any atom is -0.376 e. The number of carbonyl (C=O) groups excluding carboxylic acids is 1. The first-order chi connectivity index (χ1) is 11.8. The summed E-state index contributed by atoms with van der Waals surface area (Å²) in [6, 6.07) is 9.86. The van der Waals surface area contributed by atoms with Crippen LogP contribution in [0, 0.1) is 0 Å². The standard InChI is InChI=1S/C16H20N4O2S2/c21-14(17-9-12-5-2-1-3-6-12)11-23-16-20-19-15(24-16)18-10-13-7-4-8-22-13/h1-3,5-6,13H,4,7-11H2,(H,17,21)(H,18,19)/t13-/m0/s1. The lowest BCUT2D eigenvalue weighted by molar-refractivity contribution is -0.118.